The first-order valence-electron chi connectivity index (χ1n) is 6.73. The summed E-state index contributed by atoms with van der Waals surface area (Å²) in [6, 6.07) is 8.31. The fraction of sp³-hybridized carbons (Fsp3) is 0.600. The molecule has 2 rings (SSSR count). The summed E-state index contributed by atoms with van der Waals surface area (Å²) in [5.41, 5.74) is 8.55. The fourth-order valence-corrected chi connectivity index (χ4v) is 2.41. The number of aryl methyl sites for hydroxylation is 1. The Hall–Kier alpha value is -0.900. The van der Waals surface area contributed by atoms with Crippen LogP contribution in [0.25, 0.3) is 0 Å². The molecule has 1 aromatic carbocycles. The van der Waals surface area contributed by atoms with Crippen LogP contribution in [0.2, 0.25) is 0 Å². The molecule has 1 aliphatic rings. The second-order valence-corrected chi connectivity index (χ2v) is 5.08. The highest BCUT2D eigenvalue weighted by Crippen LogP contribution is 2.27. The maximum Gasteiger partial charge on any atom is 0.0979 e. The van der Waals surface area contributed by atoms with Crippen LogP contribution in [0.1, 0.15) is 37.0 Å². The summed E-state index contributed by atoms with van der Waals surface area (Å²) < 4.78 is 11.6. The summed E-state index contributed by atoms with van der Waals surface area (Å²) in [5, 5.41) is 0. The van der Waals surface area contributed by atoms with Gasteiger partial charge in [-0.15, -0.1) is 0 Å². The molecule has 1 heterocycles. The van der Waals surface area contributed by atoms with Crippen LogP contribution in [0.15, 0.2) is 24.3 Å². The zero-order valence-electron chi connectivity index (χ0n) is 11.3. The van der Waals surface area contributed by atoms with Gasteiger partial charge >= 0.3 is 0 Å². The zero-order valence-corrected chi connectivity index (χ0v) is 11.3. The van der Waals surface area contributed by atoms with E-state index in [2.05, 4.69) is 19.1 Å². The highest BCUT2D eigenvalue weighted by atomic mass is 16.5. The van der Waals surface area contributed by atoms with Crippen molar-refractivity contribution in [3.63, 3.8) is 0 Å². The Labute approximate surface area is 109 Å². The van der Waals surface area contributed by atoms with Crippen molar-refractivity contribution < 1.29 is 9.47 Å². The molecular weight excluding hydrogens is 226 g/mol. The lowest BCUT2D eigenvalue weighted by Crippen LogP contribution is -2.33. The van der Waals surface area contributed by atoms with E-state index in [0.29, 0.717) is 0 Å². The van der Waals surface area contributed by atoms with Gasteiger partial charge in [-0.2, -0.15) is 0 Å². The fourth-order valence-electron chi connectivity index (χ4n) is 2.41. The molecule has 1 fully saturated rings. The average molecular weight is 249 g/mol. The van der Waals surface area contributed by atoms with E-state index in [4.69, 9.17) is 15.2 Å². The number of hydrogen-bond acceptors (Lipinski definition) is 3. The van der Waals surface area contributed by atoms with Crippen molar-refractivity contribution in [2.45, 2.75) is 44.9 Å². The molecular formula is C15H23NO2. The molecule has 2 atom stereocenters. The molecule has 0 bridgehead atoms. The van der Waals surface area contributed by atoms with Crippen molar-refractivity contribution in [1.82, 2.24) is 0 Å². The third-order valence-corrected chi connectivity index (χ3v) is 3.48. The smallest absolute Gasteiger partial charge is 0.0979 e. The molecule has 0 spiro atoms. The summed E-state index contributed by atoms with van der Waals surface area (Å²) in [5.74, 6) is 0. The van der Waals surface area contributed by atoms with E-state index in [-0.39, 0.29) is 18.2 Å². The molecule has 3 heteroatoms. The minimum atomic E-state index is -0.0192. The van der Waals surface area contributed by atoms with Crippen molar-refractivity contribution in [1.29, 1.82) is 0 Å². The number of ether oxygens (including phenoxy) is 2. The van der Waals surface area contributed by atoms with Gasteiger partial charge in [0.2, 0.25) is 0 Å². The van der Waals surface area contributed by atoms with Gasteiger partial charge in [0.05, 0.1) is 12.2 Å². The summed E-state index contributed by atoms with van der Waals surface area (Å²) in [4.78, 5) is 0. The number of hydrogen-bond donors (Lipinski definition) is 1. The third-order valence-electron chi connectivity index (χ3n) is 3.48. The Morgan fingerprint density at radius 2 is 1.94 bits per heavy atom. The number of rotatable bonds is 4. The summed E-state index contributed by atoms with van der Waals surface area (Å²) in [7, 11) is 0. The lowest BCUT2D eigenvalue weighted by molar-refractivity contribution is -0.0760. The molecule has 100 valence electrons. The first-order chi connectivity index (χ1) is 8.68. The van der Waals surface area contributed by atoms with Crippen molar-refractivity contribution in [2.24, 2.45) is 5.73 Å². The van der Waals surface area contributed by atoms with Gasteiger partial charge < -0.3 is 15.2 Å². The lowest BCUT2D eigenvalue weighted by Gasteiger charge is -2.30. The molecule has 1 aromatic rings. The van der Waals surface area contributed by atoms with Gasteiger partial charge in [0.15, 0.2) is 0 Å². The molecule has 0 radical (unpaired) electrons. The molecule has 0 aliphatic carbocycles. The highest BCUT2D eigenvalue weighted by molar-refractivity contribution is 5.28. The Kier molecular flexibility index (Phi) is 4.75. The second-order valence-electron chi connectivity index (χ2n) is 5.08. The van der Waals surface area contributed by atoms with Gasteiger partial charge in [-0.3, -0.25) is 0 Å². The summed E-state index contributed by atoms with van der Waals surface area (Å²) >= 11 is 0. The monoisotopic (exact) mass is 249 g/mol. The predicted molar refractivity (Wildman–Crippen MR) is 72.5 cm³/mol. The van der Waals surface area contributed by atoms with Crippen LogP contribution < -0.4 is 5.73 Å². The Balaban J connectivity index is 2.10. The van der Waals surface area contributed by atoms with E-state index in [0.717, 1.165) is 26.1 Å². The van der Waals surface area contributed by atoms with E-state index in [1.54, 1.807) is 0 Å². The SMILES string of the molecule is Cc1ccccc1C(OC1CCOCC1)C(C)N. The number of benzene rings is 1. The standard InChI is InChI=1S/C15H23NO2/c1-11-5-3-4-6-14(11)15(12(2)16)18-13-7-9-17-10-8-13/h3-6,12-13,15H,7-10,16H2,1-2H3. The normalized spacial score (nSPS) is 20.6. The van der Waals surface area contributed by atoms with E-state index in [9.17, 15) is 0 Å². The van der Waals surface area contributed by atoms with Crippen LogP contribution in [0.4, 0.5) is 0 Å². The van der Waals surface area contributed by atoms with Crippen LogP contribution in [0, 0.1) is 6.92 Å². The van der Waals surface area contributed by atoms with E-state index in [1.165, 1.54) is 11.1 Å². The van der Waals surface area contributed by atoms with Gasteiger partial charge in [0.25, 0.3) is 0 Å². The first kappa shape index (κ1) is 13.5. The topological polar surface area (TPSA) is 44.5 Å². The minimum absolute atomic E-state index is 0.00561. The molecule has 0 amide bonds. The quantitative estimate of drug-likeness (QED) is 0.892. The molecule has 3 nitrogen and oxygen atoms in total. The molecule has 2 unspecified atom stereocenters. The molecule has 0 aromatic heterocycles. The van der Waals surface area contributed by atoms with Gasteiger partial charge in [-0.25, -0.2) is 0 Å². The van der Waals surface area contributed by atoms with Gasteiger partial charge in [-0.1, -0.05) is 24.3 Å². The van der Waals surface area contributed by atoms with Crippen LogP contribution in [0.3, 0.4) is 0 Å². The highest BCUT2D eigenvalue weighted by Gasteiger charge is 2.24. The van der Waals surface area contributed by atoms with E-state index < -0.39 is 0 Å². The zero-order chi connectivity index (χ0) is 13.0. The molecule has 18 heavy (non-hydrogen) atoms. The van der Waals surface area contributed by atoms with Crippen LogP contribution in [0.5, 0.6) is 0 Å². The first-order valence-corrected chi connectivity index (χ1v) is 6.73. The third kappa shape index (κ3) is 3.31. The largest absolute Gasteiger partial charge is 0.381 e. The minimum Gasteiger partial charge on any atom is -0.381 e. The van der Waals surface area contributed by atoms with Crippen LogP contribution >= 0.6 is 0 Å². The average Bonchev–Trinajstić information content (AvgIpc) is 2.38. The molecule has 1 aliphatic heterocycles. The Morgan fingerprint density at radius 1 is 1.28 bits per heavy atom. The van der Waals surface area contributed by atoms with Crippen LogP contribution in [-0.2, 0) is 9.47 Å². The van der Waals surface area contributed by atoms with Crippen molar-refractivity contribution >= 4 is 0 Å². The summed E-state index contributed by atoms with van der Waals surface area (Å²) in [6.07, 6.45) is 2.19. The van der Waals surface area contributed by atoms with Gasteiger partial charge in [-0.05, 0) is 37.8 Å². The maximum atomic E-state index is 6.21. The predicted octanol–water partition coefficient (Wildman–Crippen LogP) is 2.58. The lowest BCUT2D eigenvalue weighted by atomic mass is 9.98. The Morgan fingerprint density at radius 3 is 2.56 bits per heavy atom. The molecule has 2 N–H and O–H groups in total. The van der Waals surface area contributed by atoms with Crippen molar-refractivity contribution in [3.05, 3.63) is 35.4 Å². The van der Waals surface area contributed by atoms with E-state index >= 15 is 0 Å². The molecule has 0 saturated carbocycles. The summed E-state index contributed by atoms with van der Waals surface area (Å²) in [6.45, 7) is 5.71. The van der Waals surface area contributed by atoms with Crippen molar-refractivity contribution in [3.8, 4) is 0 Å². The maximum absolute atomic E-state index is 6.21. The number of nitrogens with two attached hydrogens (primary N) is 1. The Bertz CT molecular complexity index is 373. The van der Waals surface area contributed by atoms with Crippen molar-refractivity contribution in [2.75, 3.05) is 13.2 Å². The second kappa shape index (κ2) is 6.32. The van der Waals surface area contributed by atoms with Gasteiger partial charge in [0, 0.05) is 19.3 Å². The van der Waals surface area contributed by atoms with Gasteiger partial charge in [0.1, 0.15) is 0 Å². The van der Waals surface area contributed by atoms with Crippen LogP contribution in [-0.4, -0.2) is 25.4 Å². The molecule has 1 saturated heterocycles. The van der Waals surface area contributed by atoms with E-state index in [1.807, 2.05) is 19.1 Å².